The van der Waals surface area contributed by atoms with E-state index in [9.17, 15) is 0 Å². The van der Waals surface area contributed by atoms with E-state index in [2.05, 4.69) is 19.9 Å². The normalized spacial score (nSPS) is 10.9. The Bertz CT molecular complexity index is 703. The predicted octanol–water partition coefficient (Wildman–Crippen LogP) is 1.11. The maximum atomic E-state index is 5.74. The molecule has 0 amide bonds. The van der Waals surface area contributed by atoms with Crippen molar-refractivity contribution in [3.05, 3.63) is 42.0 Å². The largest absolute Gasteiger partial charge is 0.399 e. The number of nitrogens with zero attached hydrogens (tertiary/aromatic N) is 3. The monoisotopic (exact) mass is 240 g/mol. The third-order valence-corrected chi connectivity index (χ3v) is 2.69. The lowest BCUT2D eigenvalue weighted by molar-refractivity contribution is 1.04. The number of aromatic amines is 1. The molecule has 1 aromatic carbocycles. The van der Waals surface area contributed by atoms with Crippen LogP contribution in [-0.4, -0.2) is 19.9 Å². The van der Waals surface area contributed by atoms with Gasteiger partial charge in [0.05, 0.1) is 0 Å². The van der Waals surface area contributed by atoms with Crippen molar-refractivity contribution in [3.63, 3.8) is 0 Å². The molecule has 90 valence electrons. The summed E-state index contributed by atoms with van der Waals surface area (Å²) in [5.41, 5.74) is 14.6. The lowest BCUT2D eigenvalue weighted by Gasteiger charge is -1.99. The minimum atomic E-state index is 0.409. The average molecular weight is 240 g/mol. The minimum Gasteiger partial charge on any atom is -0.399 e. The zero-order valence-electron chi connectivity index (χ0n) is 9.59. The van der Waals surface area contributed by atoms with Gasteiger partial charge in [-0.2, -0.15) is 0 Å². The van der Waals surface area contributed by atoms with Crippen LogP contribution in [0.3, 0.4) is 0 Å². The van der Waals surface area contributed by atoms with E-state index in [4.69, 9.17) is 11.5 Å². The second-order valence-corrected chi connectivity index (χ2v) is 4.06. The summed E-state index contributed by atoms with van der Waals surface area (Å²) in [6.07, 6.45) is 2.06. The molecule has 0 aliphatic rings. The van der Waals surface area contributed by atoms with Crippen LogP contribution < -0.4 is 11.5 Å². The summed E-state index contributed by atoms with van der Waals surface area (Å²) in [5, 5.41) is 0. The summed E-state index contributed by atoms with van der Waals surface area (Å²) in [5.74, 6) is 1.20. The molecule has 18 heavy (non-hydrogen) atoms. The highest BCUT2D eigenvalue weighted by molar-refractivity contribution is 5.81. The summed E-state index contributed by atoms with van der Waals surface area (Å²) in [7, 11) is 0. The summed E-state index contributed by atoms with van der Waals surface area (Å²) in [6, 6.07) is 7.69. The van der Waals surface area contributed by atoms with E-state index in [0.717, 1.165) is 17.1 Å². The van der Waals surface area contributed by atoms with Crippen LogP contribution in [0.1, 0.15) is 11.4 Å². The number of benzene rings is 1. The molecule has 2 heterocycles. The van der Waals surface area contributed by atoms with Gasteiger partial charge in [0.25, 0.3) is 0 Å². The van der Waals surface area contributed by atoms with E-state index in [1.807, 2.05) is 24.3 Å². The van der Waals surface area contributed by atoms with Gasteiger partial charge in [-0.15, -0.1) is 0 Å². The quantitative estimate of drug-likeness (QED) is 0.582. The van der Waals surface area contributed by atoms with Crippen LogP contribution in [0, 0.1) is 0 Å². The van der Waals surface area contributed by atoms with Crippen molar-refractivity contribution in [2.24, 2.45) is 0 Å². The molecule has 0 fully saturated rings. The molecular weight excluding hydrogens is 228 g/mol. The standard InChI is InChI=1S/C12H12N6/c13-8-3-1-2-7(4-8)5-9-17-10-11(14)15-6-16-12(10)18-9/h1-4,6H,5,13H2,(H3,14,15,16,17,18). The van der Waals surface area contributed by atoms with Crippen molar-refractivity contribution < 1.29 is 0 Å². The molecule has 0 aliphatic carbocycles. The molecule has 0 saturated heterocycles. The topological polar surface area (TPSA) is 106 Å². The molecule has 0 atom stereocenters. The van der Waals surface area contributed by atoms with Crippen molar-refractivity contribution in [2.45, 2.75) is 6.42 Å². The lowest BCUT2D eigenvalue weighted by Crippen LogP contribution is -1.93. The zero-order chi connectivity index (χ0) is 12.5. The fraction of sp³-hybridized carbons (Fsp3) is 0.0833. The Labute approximate surface area is 103 Å². The SMILES string of the molecule is Nc1cccc(Cc2nc3ncnc(N)c3[nH]2)c1. The minimum absolute atomic E-state index is 0.409. The van der Waals surface area contributed by atoms with Crippen LogP contribution in [0.25, 0.3) is 11.2 Å². The van der Waals surface area contributed by atoms with Crippen molar-refractivity contribution in [1.29, 1.82) is 0 Å². The molecular formula is C12H12N6. The number of anilines is 2. The summed E-state index contributed by atoms with van der Waals surface area (Å²) in [4.78, 5) is 15.5. The Morgan fingerprint density at radius 2 is 2.06 bits per heavy atom. The van der Waals surface area contributed by atoms with Crippen LogP contribution >= 0.6 is 0 Å². The van der Waals surface area contributed by atoms with Gasteiger partial charge in [0, 0.05) is 12.1 Å². The van der Waals surface area contributed by atoms with Crippen LogP contribution in [0.15, 0.2) is 30.6 Å². The maximum absolute atomic E-state index is 5.74. The molecule has 0 aliphatic heterocycles. The van der Waals surface area contributed by atoms with Crippen LogP contribution in [-0.2, 0) is 6.42 Å². The van der Waals surface area contributed by atoms with Crippen molar-refractivity contribution in [2.75, 3.05) is 11.5 Å². The van der Waals surface area contributed by atoms with Gasteiger partial charge in [0.15, 0.2) is 11.5 Å². The van der Waals surface area contributed by atoms with E-state index in [0.29, 0.717) is 23.4 Å². The highest BCUT2D eigenvalue weighted by atomic mass is 15.0. The second kappa shape index (κ2) is 3.99. The molecule has 0 bridgehead atoms. The maximum Gasteiger partial charge on any atom is 0.183 e. The third kappa shape index (κ3) is 1.84. The van der Waals surface area contributed by atoms with Gasteiger partial charge in [-0.05, 0) is 17.7 Å². The molecule has 0 saturated carbocycles. The smallest absolute Gasteiger partial charge is 0.183 e. The van der Waals surface area contributed by atoms with E-state index in [-0.39, 0.29) is 0 Å². The summed E-state index contributed by atoms with van der Waals surface area (Å²) in [6.45, 7) is 0. The fourth-order valence-electron chi connectivity index (χ4n) is 1.87. The first kappa shape index (κ1) is 10.5. The van der Waals surface area contributed by atoms with Crippen LogP contribution in [0.2, 0.25) is 0 Å². The number of nitrogens with two attached hydrogens (primary N) is 2. The van der Waals surface area contributed by atoms with Gasteiger partial charge in [-0.3, -0.25) is 0 Å². The molecule has 0 spiro atoms. The van der Waals surface area contributed by atoms with Crippen molar-refractivity contribution in [1.82, 2.24) is 19.9 Å². The first-order valence-corrected chi connectivity index (χ1v) is 5.52. The first-order chi connectivity index (χ1) is 8.72. The van der Waals surface area contributed by atoms with E-state index >= 15 is 0 Å². The van der Waals surface area contributed by atoms with Gasteiger partial charge >= 0.3 is 0 Å². The average Bonchev–Trinajstić information content (AvgIpc) is 2.73. The van der Waals surface area contributed by atoms with E-state index in [1.54, 1.807) is 0 Å². The number of fused-ring (bicyclic) bond motifs is 1. The fourth-order valence-corrected chi connectivity index (χ4v) is 1.87. The highest BCUT2D eigenvalue weighted by Crippen LogP contribution is 2.16. The van der Waals surface area contributed by atoms with Gasteiger partial charge in [0.2, 0.25) is 0 Å². The Kier molecular flexibility index (Phi) is 2.33. The van der Waals surface area contributed by atoms with Gasteiger partial charge in [0.1, 0.15) is 17.7 Å². The van der Waals surface area contributed by atoms with Gasteiger partial charge in [-0.1, -0.05) is 12.1 Å². The van der Waals surface area contributed by atoms with E-state index < -0.39 is 0 Å². The van der Waals surface area contributed by atoms with Crippen LogP contribution in [0.5, 0.6) is 0 Å². The van der Waals surface area contributed by atoms with Crippen molar-refractivity contribution in [3.8, 4) is 0 Å². The summed E-state index contributed by atoms with van der Waals surface area (Å²) >= 11 is 0. The highest BCUT2D eigenvalue weighted by Gasteiger charge is 2.07. The molecule has 2 aromatic heterocycles. The van der Waals surface area contributed by atoms with Crippen molar-refractivity contribution >= 4 is 22.7 Å². The van der Waals surface area contributed by atoms with Gasteiger partial charge in [-0.25, -0.2) is 15.0 Å². The number of hydrogen-bond acceptors (Lipinski definition) is 5. The van der Waals surface area contributed by atoms with E-state index in [1.165, 1.54) is 6.33 Å². The molecule has 0 unspecified atom stereocenters. The summed E-state index contributed by atoms with van der Waals surface area (Å²) < 4.78 is 0. The number of aromatic nitrogens is 4. The van der Waals surface area contributed by atoms with Gasteiger partial charge < -0.3 is 16.5 Å². The number of rotatable bonds is 2. The lowest BCUT2D eigenvalue weighted by atomic mass is 10.1. The zero-order valence-corrected chi connectivity index (χ0v) is 9.59. The Balaban J connectivity index is 1.98. The number of hydrogen-bond donors (Lipinski definition) is 3. The Morgan fingerprint density at radius 3 is 2.83 bits per heavy atom. The van der Waals surface area contributed by atoms with Crippen LogP contribution in [0.4, 0.5) is 11.5 Å². The number of nitrogen functional groups attached to an aromatic ring is 2. The molecule has 3 rings (SSSR count). The number of imidazole rings is 1. The predicted molar refractivity (Wildman–Crippen MR) is 69.8 cm³/mol. The molecule has 6 nitrogen and oxygen atoms in total. The molecule has 5 N–H and O–H groups in total. The first-order valence-electron chi connectivity index (χ1n) is 5.52. The Morgan fingerprint density at radius 1 is 1.17 bits per heavy atom. The number of nitrogens with one attached hydrogen (secondary N) is 1. The third-order valence-electron chi connectivity index (χ3n) is 2.69. The molecule has 0 radical (unpaired) electrons. The second-order valence-electron chi connectivity index (χ2n) is 4.06. The molecule has 3 aromatic rings. The Hall–Kier alpha value is -2.63. The number of H-pyrrole nitrogens is 1. The molecule has 6 heteroatoms.